The van der Waals surface area contributed by atoms with Gasteiger partial charge < -0.3 is 6.42 Å². The molecule has 3 fully saturated rings. The second kappa shape index (κ2) is 5.63. The van der Waals surface area contributed by atoms with Gasteiger partial charge in [-0.3, -0.25) is 0 Å². The Morgan fingerprint density at radius 2 is 1.53 bits per heavy atom. The van der Waals surface area contributed by atoms with Crippen LogP contribution in [0.2, 0.25) is 0 Å². The Balaban J connectivity index is 0.000000853. The van der Waals surface area contributed by atoms with Gasteiger partial charge in [0.25, 0.3) is 0 Å². The Morgan fingerprint density at radius 3 is 2.33 bits per heavy atom. The van der Waals surface area contributed by atoms with Crippen LogP contribution in [-0.2, 0) is 0 Å². The third-order valence-corrected chi connectivity index (χ3v) is 5.39. The van der Waals surface area contributed by atoms with Gasteiger partial charge in [-0.25, -0.2) is 0 Å². The summed E-state index contributed by atoms with van der Waals surface area (Å²) < 4.78 is 0. The van der Waals surface area contributed by atoms with E-state index < -0.39 is 0 Å². The molecule has 0 aromatic heterocycles. The topological polar surface area (TPSA) is 0 Å². The van der Waals surface area contributed by atoms with Crippen molar-refractivity contribution in [2.75, 3.05) is 0 Å². The van der Waals surface area contributed by atoms with Gasteiger partial charge in [-0.1, -0.05) is 57.3 Å². The number of hydrogen-bond acceptors (Lipinski definition) is 0. The van der Waals surface area contributed by atoms with Gasteiger partial charge >= 0.3 is 58.2 Å². The molecule has 0 saturated heterocycles. The number of hydrogen-bond donors (Lipinski definition) is 0. The zero-order valence-electron chi connectivity index (χ0n) is 10.4. The molecule has 5 unspecified atom stereocenters. The summed E-state index contributed by atoms with van der Waals surface area (Å²) in [6.07, 6.45) is 13.3. The molecule has 0 heterocycles. The van der Waals surface area contributed by atoms with E-state index in [4.69, 9.17) is 0 Å². The first-order valence-corrected chi connectivity index (χ1v) is 6.71. The average molecular weight is 277 g/mol. The largest absolute Gasteiger partial charge is 1.00 e. The summed E-state index contributed by atoms with van der Waals surface area (Å²) in [6.45, 7) is 2.55. The van der Waals surface area contributed by atoms with Gasteiger partial charge in [-0.2, -0.15) is 12.3 Å². The Labute approximate surface area is 144 Å². The van der Waals surface area contributed by atoms with Crippen molar-refractivity contribution in [1.82, 2.24) is 0 Å². The van der Waals surface area contributed by atoms with Gasteiger partial charge in [0.15, 0.2) is 0 Å². The van der Waals surface area contributed by atoms with Crippen molar-refractivity contribution >= 4 is 0 Å². The molecule has 0 nitrogen and oxygen atoms in total. The molecule has 0 N–H and O–H groups in total. The van der Waals surface area contributed by atoms with Crippen molar-refractivity contribution in [2.45, 2.75) is 51.9 Å². The Kier molecular flexibility index (Phi) is 4.97. The summed E-state index contributed by atoms with van der Waals surface area (Å²) in [5.74, 6) is 5.36. The minimum Gasteiger partial charge on any atom is -0.325 e. The van der Waals surface area contributed by atoms with Crippen molar-refractivity contribution in [3.8, 4) is 0 Å². The maximum Gasteiger partial charge on any atom is 1.00 e. The molecule has 0 aliphatic heterocycles. The molecule has 3 rings (SSSR count). The van der Waals surface area contributed by atoms with E-state index in [-0.39, 0.29) is 58.2 Å². The van der Waals surface area contributed by atoms with E-state index in [0.717, 1.165) is 29.6 Å². The molecular weight excluding hydrogens is 254 g/mol. The average Bonchev–Trinajstić information content (AvgIpc) is 2.55. The Hall–Kier alpha value is 1.81. The molecule has 0 aromatic carbocycles. The van der Waals surface area contributed by atoms with Crippen LogP contribution in [0, 0.1) is 36.0 Å². The molecular formula is C14H23Rb. The van der Waals surface area contributed by atoms with E-state index in [1.807, 2.05) is 0 Å². The van der Waals surface area contributed by atoms with Crippen LogP contribution in [0.5, 0.6) is 0 Å². The molecule has 0 bridgehead atoms. The maximum absolute atomic E-state index is 2.70. The second-order valence-electron chi connectivity index (χ2n) is 5.88. The molecule has 0 radical (unpaired) electrons. The van der Waals surface area contributed by atoms with Crippen LogP contribution in [0.3, 0.4) is 0 Å². The predicted octanol–water partition coefficient (Wildman–Crippen LogP) is 1.07. The van der Waals surface area contributed by atoms with Gasteiger partial charge in [-0.15, -0.1) is 0 Å². The molecule has 0 amide bonds. The fraction of sp³-hybridized carbons (Fsp3) is 0.929. The van der Waals surface area contributed by atoms with E-state index in [2.05, 4.69) is 13.3 Å². The molecule has 0 aromatic rings. The van der Waals surface area contributed by atoms with Gasteiger partial charge in [0.2, 0.25) is 0 Å². The minimum absolute atomic E-state index is 0. The number of rotatable bonds is 0. The van der Waals surface area contributed by atoms with E-state index in [0.29, 0.717) is 0 Å². The van der Waals surface area contributed by atoms with Crippen molar-refractivity contribution in [2.24, 2.45) is 29.6 Å². The van der Waals surface area contributed by atoms with Crippen LogP contribution in [0.4, 0.5) is 0 Å². The number of fused-ring (bicyclic) bond motifs is 3. The van der Waals surface area contributed by atoms with Crippen molar-refractivity contribution in [3.05, 3.63) is 6.42 Å². The summed E-state index contributed by atoms with van der Waals surface area (Å²) in [7, 11) is 0. The van der Waals surface area contributed by atoms with Crippen LogP contribution in [0.15, 0.2) is 0 Å². The molecule has 5 atom stereocenters. The monoisotopic (exact) mass is 276 g/mol. The van der Waals surface area contributed by atoms with Gasteiger partial charge in [0.1, 0.15) is 0 Å². The van der Waals surface area contributed by atoms with Crippen LogP contribution in [0.25, 0.3) is 0 Å². The van der Waals surface area contributed by atoms with Crippen LogP contribution >= 0.6 is 0 Å². The molecule has 3 aliphatic carbocycles. The minimum atomic E-state index is 0. The molecule has 80 valence electrons. The predicted molar refractivity (Wildman–Crippen MR) is 59.7 cm³/mol. The summed E-state index contributed by atoms with van der Waals surface area (Å²) >= 11 is 0. The first-order valence-electron chi connectivity index (χ1n) is 6.71. The molecule has 15 heavy (non-hydrogen) atoms. The first-order chi connectivity index (χ1) is 6.88. The van der Waals surface area contributed by atoms with Crippen molar-refractivity contribution in [3.63, 3.8) is 0 Å². The quantitative estimate of drug-likeness (QED) is 0.581. The third-order valence-electron chi connectivity index (χ3n) is 5.39. The van der Waals surface area contributed by atoms with E-state index in [1.165, 1.54) is 32.1 Å². The smallest absolute Gasteiger partial charge is 0.325 e. The van der Waals surface area contributed by atoms with Crippen LogP contribution < -0.4 is 58.2 Å². The summed E-state index contributed by atoms with van der Waals surface area (Å²) in [6, 6.07) is 0. The fourth-order valence-electron chi connectivity index (χ4n) is 4.77. The zero-order valence-corrected chi connectivity index (χ0v) is 15.3. The molecule has 3 aliphatic rings. The maximum atomic E-state index is 2.70. The molecule has 3 saturated carbocycles. The van der Waals surface area contributed by atoms with Crippen LogP contribution in [0.1, 0.15) is 51.9 Å². The first kappa shape index (κ1) is 13.2. The zero-order chi connectivity index (χ0) is 9.54. The normalized spacial score (nSPS) is 49.0. The third kappa shape index (κ3) is 2.35. The van der Waals surface area contributed by atoms with E-state index >= 15 is 0 Å². The standard InChI is InChI=1S/C14H23.Rb/c1-10-11-6-2-4-8-13(11)14-9-5-3-7-12(10)14;/h8,10-14H,2-7,9H2,1H3;/q-1;+1. The van der Waals surface area contributed by atoms with Gasteiger partial charge in [-0.05, 0) is 11.8 Å². The Morgan fingerprint density at radius 1 is 0.867 bits per heavy atom. The fourth-order valence-corrected chi connectivity index (χ4v) is 4.77. The van der Waals surface area contributed by atoms with Gasteiger partial charge in [0, 0.05) is 0 Å². The SMILES string of the molecule is CC1C2CCC[CH-]C2C2CCCCC12.[Rb+]. The molecule has 0 spiro atoms. The van der Waals surface area contributed by atoms with E-state index in [9.17, 15) is 0 Å². The second-order valence-corrected chi connectivity index (χ2v) is 5.88. The van der Waals surface area contributed by atoms with E-state index in [1.54, 1.807) is 12.8 Å². The van der Waals surface area contributed by atoms with Crippen molar-refractivity contribution in [1.29, 1.82) is 0 Å². The van der Waals surface area contributed by atoms with Gasteiger partial charge in [0.05, 0.1) is 0 Å². The van der Waals surface area contributed by atoms with Crippen molar-refractivity contribution < 1.29 is 58.2 Å². The van der Waals surface area contributed by atoms with Crippen LogP contribution in [-0.4, -0.2) is 0 Å². The summed E-state index contributed by atoms with van der Waals surface area (Å²) in [5.41, 5.74) is 0. The Bertz CT molecular complexity index is 191. The summed E-state index contributed by atoms with van der Waals surface area (Å²) in [4.78, 5) is 0. The molecule has 1 heteroatoms. The summed E-state index contributed by atoms with van der Waals surface area (Å²) in [5, 5.41) is 0.